The van der Waals surface area contributed by atoms with Crippen molar-refractivity contribution in [3.05, 3.63) is 29.3 Å². The molecule has 0 saturated heterocycles. The van der Waals surface area contributed by atoms with Gasteiger partial charge in [0.2, 0.25) is 0 Å². The standard InChI is InChI=1S/C12H18ClNOS/c1-3-14-11(8-15-2)9-16-12-6-4-5-10(13)7-12/h4-7,11,14H,3,8-9H2,1-2H3. The Hall–Kier alpha value is -0.220. The summed E-state index contributed by atoms with van der Waals surface area (Å²) in [6.07, 6.45) is 0. The van der Waals surface area contributed by atoms with Crippen molar-refractivity contribution in [1.29, 1.82) is 0 Å². The van der Waals surface area contributed by atoms with E-state index in [4.69, 9.17) is 16.3 Å². The molecule has 0 radical (unpaired) electrons. The minimum Gasteiger partial charge on any atom is -0.383 e. The van der Waals surface area contributed by atoms with Crippen LogP contribution in [0.25, 0.3) is 0 Å². The molecule has 16 heavy (non-hydrogen) atoms. The maximum Gasteiger partial charge on any atom is 0.0624 e. The van der Waals surface area contributed by atoms with Gasteiger partial charge in [-0.1, -0.05) is 24.6 Å². The monoisotopic (exact) mass is 259 g/mol. The molecule has 1 aromatic rings. The van der Waals surface area contributed by atoms with Gasteiger partial charge in [-0.15, -0.1) is 11.8 Å². The molecular weight excluding hydrogens is 242 g/mol. The molecule has 0 spiro atoms. The summed E-state index contributed by atoms with van der Waals surface area (Å²) in [4.78, 5) is 1.20. The molecule has 0 amide bonds. The second-order valence-corrected chi connectivity index (χ2v) is 5.01. The summed E-state index contributed by atoms with van der Waals surface area (Å²) in [5.74, 6) is 0.988. The van der Waals surface area contributed by atoms with E-state index in [1.54, 1.807) is 18.9 Å². The van der Waals surface area contributed by atoms with Crippen molar-refractivity contribution in [2.24, 2.45) is 0 Å². The predicted octanol–water partition coefficient (Wildman–Crippen LogP) is 3.06. The smallest absolute Gasteiger partial charge is 0.0624 e. The fourth-order valence-electron chi connectivity index (χ4n) is 1.41. The molecule has 1 unspecified atom stereocenters. The van der Waals surface area contributed by atoms with Crippen molar-refractivity contribution in [3.63, 3.8) is 0 Å². The summed E-state index contributed by atoms with van der Waals surface area (Å²) in [5.41, 5.74) is 0. The van der Waals surface area contributed by atoms with Crippen LogP contribution in [0.5, 0.6) is 0 Å². The van der Waals surface area contributed by atoms with Crippen LogP contribution in [0.3, 0.4) is 0 Å². The third-order valence-corrected chi connectivity index (χ3v) is 3.50. The van der Waals surface area contributed by atoms with Crippen molar-refractivity contribution < 1.29 is 4.74 Å². The highest BCUT2D eigenvalue weighted by Gasteiger charge is 2.07. The van der Waals surface area contributed by atoms with E-state index in [0.717, 1.165) is 23.9 Å². The second kappa shape index (κ2) is 7.96. The lowest BCUT2D eigenvalue weighted by Gasteiger charge is -2.16. The summed E-state index contributed by atoms with van der Waals surface area (Å²) in [7, 11) is 1.73. The Morgan fingerprint density at radius 2 is 2.31 bits per heavy atom. The fourth-order valence-corrected chi connectivity index (χ4v) is 2.66. The number of rotatable bonds is 7. The van der Waals surface area contributed by atoms with Gasteiger partial charge in [-0.2, -0.15) is 0 Å². The van der Waals surface area contributed by atoms with Crippen LogP contribution in [-0.2, 0) is 4.74 Å². The summed E-state index contributed by atoms with van der Waals surface area (Å²) in [5, 5.41) is 4.18. The molecule has 1 atom stereocenters. The molecule has 0 aliphatic heterocycles. The molecule has 0 aliphatic rings. The van der Waals surface area contributed by atoms with Gasteiger partial charge in [0.15, 0.2) is 0 Å². The van der Waals surface area contributed by atoms with Gasteiger partial charge in [0, 0.05) is 28.8 Å². The zero-order valence-corrected chi connectivity index (χ0v) is 11.3. The van der Waals surface area contributed by atoms with Crippen LogP contribution in [0.1, 0.15) is 6.92 Å². The molecule has 0 fully saturated rings. The summed E-state index contributed by atoms with van der Waals surface area (Å²) >= 11 is 7.72. The maximum atomic E-state index is 5.93. The molecule has 0 bridgehead atoms. The Labute approximate surface area is 107 Å². The van der Waals surface area contributed by atoms with Crippen molar-refractivity contribution >= 4 is 23.4 Å². The molecule has 1 rings (SSSR count). The first kappa shape index (κ1) is 13.8. The average Bonchev–Trinajstić information content (AvgIpc) is 2.27. The molecular formula is C12H18ClNOS. The number of nitrogens with one attached hydrogen (secondary N) is 1. The van der Waals surface area contributed by atoms with E-state index in [1.807, 2.05) is 18.2 Å². The lowest BCUT2D eigenvalue weighted by Crippen LogP contribution is -2.35. The number of halogens is 1. The van der Waals surface area contributed by atoms with Crippen LogP contribution in [0, 0.1) is 0 Å². The van der Waals surface area contributed by atoms with Crippen LogP contribution >= 0.6 is 23.4 Å². The summed E-state index contributed by atoms with van der Waals surface area (Å²) in [6, 6.07) is 8.32. The molecule has 0 aromatic heterocycles. The van der Waals surface area contributed by atoms with Gasteiger partial charge in [0.1, 0.15) is 0 Å². The lowest BCUT2D eigenvalue weighted by atomic mass is 10.3. The molecule has 1 N–H and O–H groups in total. The Balaban J connectivity index is 2.41. The number of hydrogen-bond donors (Lipinski definition) is 1. The van der Waals surface area contributed by atoms with E-state index in [-0.39, 0.29) is 0 Å². The maximum absolute atomic E-state index is 5.93. The van der Waals surface area contributed by atoms with E-state index in [0.29, 0.717) is 6.04 Å². The van der Waals surface area contributed by atoms with Gasteiger partial charge in [0.25, 0.3) is 0 Å². The first-order chi connectivity index (χ1) is 7.76. The molecule has 4 heteroatoms. The van der Waals surface area contributed by atoms with Crippen molar-refractivity contribution in [1.82, 2.24) is 5.32 Å². The molecule has 90 valence electrons. The third-order valence-electron chi connectivity index (χ3n) is 2.11. The predicted molar refractivity (Wildman–Crippen MR) is 71.5 cm³/mol. The Morgan fingerprint density at radius 1 is 1.50 bits per heavy atom. The van der Waals surface area contributed by atoms with Gasteiger partial charge in [-0.05, 0) is 24.7 Å². The number of likely N-dealkylation sites (N-methyl/N-ethyl adjacent to an activating group) is 1. The Kier molecular flexibility index (Phi) is 6.88. The van der Waals surface area contributed by atoms with E-state index in [2.05, 4.69) is 18.3 Å². The van der Waals surface area contributed by atoms with E-state index in [1.165, 1.54) is 4.90 Å². The topological polar surface area (TPSA) is 21.3 Å². The van der Waals surface area contributed by atoms with Gasteiger partial charge >= 0.3 is 0 Å². The van der Waals surface area contributed by atoms with Crippen LogP contribution in [0.4, 0.5) is 0 Å². The SMILES string of the molecule is CCNC(COC)CSc1cccc(Cl)c1. The van der Waals surface area contributed by atoms with Crippen molar-refractivity contribution in [3.8, 4) is 0 Å². The molecule has 0 aliphatic carbocycles. The summed E-state index contributed by atoms with van der Waals surface area (Å²) in [6.45, 7) is 3.80. The van der Waals surface area contributed by atoms with E-state index in [9.17, 15) is 0 Å². The number of methoxy groups -OCH3 is 1. The number of hydrogen-bond acceptors (Lipinski definition) is 3. The number of thioether (sulfide) groups is 1. The molecule has 0 saturated carbocycles. The van der Waals surface area contributed by atoms with Gasteiger partial charge in [-0.25, -0.2) is 0 Å². The highest BCUT2D eigenvalue weighted by atomic mass is 35.5. The number of ether oxygens (including phenoxy) is 1. The minimum absolute atomic E-state index is 0.388. The largest absolute Gasteiger partial charge is 0.383 e. The average molecular weight is 260 g/mol. The van der Waals surface area contributed by atoms with E-state index < -0.39 is 0 Å². The Bertz CT molecular complexity index is 303. The zero-order valence-electron chi connectivity index (χ0n) is 9.70. The number of benzene rings is 1. The zero-order chi connectivity index (χ0) is 11.8. The van der Waals surface area contributed by atoms with Crippen molar-refractivity contribution in [2.75, 3.05) is 26.0 Å². The van der Waals surface area contributed by atoms with Gasteiger partial charge in [-0.3, -0.25) is 0 Å². The quantitative estimate of drug-likeness (QED) is 0.761. The highest BCUT2D eigenvalue weighted by Crippen LogP contribution is 2.22. The fraction of sp³-hybridized carbons (Fsp3) is 0.500. The Morgan fingerprint density at radius 3 is 2.94 bits per heavy atom. The second-order valence-electron chi connectivity index (χ2n) is 3.48. The van der Waals surface area contributed by atoms with Crippen molar-refractivity contribution in [2.45, 2.75) is 17.9 Å². The molecule has 1 aromatic carbocycles. The van der Waals surface area contributed by atoms with E-state index >= 15 is 0 Å². The summed E-state index contributed by atoms with van der Waals surface area (Å²) < 4.78 is 5.17. The first-order valence-corrected chi connectivity index (χ1v) is 6.73. The first-order valence-electron chi connectivity index (χ1n) is 5.37. The highest BCUT2D eigenvalue weighted by molar-refractivity contribution is 7.99. The van der Waals surface area contributed by atoms with Crippen LogP contribution < -0.4 is 5.32 Å². The van der Waals surface area contributed by atoms with Crippen LogP contribution in [0.2, 0.25) is 5.02 Å². The third kappa shape index (κ3) is 5.21. The molecule has 2 nitrogen and oxygen atoms in total. The van der Waals surface area contributed by atoms with Crippen LogP contribution in [-0.4, -0.2) is 32.1 Å². The van der Waals surface area contributed by atoms with Gasteiger partial charge in [0.05, 0.1) is 6.61 Å². The van der Waals surface area contributed by atoms with Crippen LogP contribution in [0.15, 0.2) is 29.2 Å². The minimum atomic E-state index is 0.388. The normalized spacial score (nSPS) is 12.7. The van der Waals surface area contributed by atoms with Gasteiger partial charge < -0.3 is 10.1 Å². The lowest BCUT2D eigenvalue weighted by molar-refractivity contribution is 0.174. The molecule has 0 heterocycles.